The second kappa shape index (κ2) is 9.92. The van der Waals surface area contributed by atoms with E-state index in [1.165, 1.54) is 25.9 Å². The second-order valence-corrected chi connectivity index (χ2v) is 8.68. The maximum Gasteiger partial charge on any atom is 0.253 e. The molecular weight excluding hydrogens is 350 g/mol. The van der Waals surface area contributed by atoms with E-state index in [1.807, 2.05) is 24.3 Å². The van der Waals surface area contributed by atoms with Crippen molar-refractivity contribution in [2.75, 3.05) is 40.8 Å². The Hall–Kier alpha value is -2.08. The SMILES string of the molecule is CN=C(NCc1ccc(C(=O)N(C)C)cc1)NCC(C)(C)N1CCCC(C)C1. The Kier molecular flexibility index (Phi) is 7.87. The van der Waals surface area contributed by atoms with Crippen LogP contribution < -0.4 is 10.6 Å². The summed E-state index contributed by atoms with van der Waals surface area (Å²) in [6.07, 6.45) is 2.62. The first-order valence-electron chi connectivity index (χ1n) is 10.2. The van der Waals surface area contributed by atoms with Gasteiger partial charge in [0.25, 0.3) is 5.91 Å². The van der Waals surface area contributed by atoms with Gasteiger partial charge < -0.3 is 15.5 Å². The molecule has 1 aliphatic rings. The van der Waals surface area contributed by atoms with Gasteiger partial charge in [0.15, 0.2) is 5.96 Å². The van der Waals surface area contributed by atoms with Gasteiger partial charge in [0.1, 0.15) is 0 Å². The molecule has 28 heavy (non-hydrogen) atoms. The molecule has 1 unspecified atom stereocenters. The van der Waals surface area contributed by atoms with Crippen LogP contribution in [0.4, 0.5) is 0 Å². The Bertz CT molecular complexity index is 666. The molecule has 1 fully saturated rings. The molecule has 1 aromatic carbocycles. The summed E-state index contributed by atoms with van der Waals surface area (Å²) < 4.78 is 0. The fourth-order valence-electron chi connectivity index (χ4n) is 3.58. The number of guanidine groups is 1. The van der Waals surface area contributed by atoms with Crippen molar-refractivity contribution >= 4 is 11.9 Å². The van der Waals surface area contributed by atoms with Gasteiger partial charge in [-0.05, 0) is 56.8 Å². The lowest BCUT2D eigenvalue weighted by molar-refractivity contribution is 0.0739. The predicted molar refractivity (Wildman–Crippen MR) is 117 cm³/mol. The lowest BCUT2D eigenvalue weighted by Crippen LogP contribution is -2.55. The fourth-order valence-corrected chi connectivity index (χ4v) is 3.58. The maximum atomic E-state index is 12.0. The van der Waals surface area contributed by atoms with Crippen LogP contribution in [0.15, 0.2) is 29.3 Å². The fraction of sp³-hybridized carbons (Fsp3) is 0.636. The minimum atomic E-state index is 0.0197. The van der Waals surface area contributed by atoms with Crippen LogP contribution in [0.3, 0.4) is 0 Å². The highest BCUT2D eigenvalue weighted by molar-refractivity contribution is 5.93. The van der Waals surface area contributed by atoms with Gasteiger partial charge in [0.2, 0.25) is 0 Å². The summed E-state index contributed by atoms with van der Waals surface area (Å²) in [5.74, 6) is 1.59. The first kappa shape index (κ1) is 22.2. The van der Waals surface area contributed by atoms with E-state index in [2.05, 4.69) is 41.3 Å². The molecule has 0 spiro atoms. The third kappa shape index (κ3) is 6.23. The van der Waals surface area contributed by atoms with Crippen LogP contribution in [0.25, 0.3) is 0 Å². The van der Waals surface area contributed by atoms with E-state index in [4.69, 9.17) is 0 Å². The van der Waals surface area contributed by atoms with E-state index in [0.29, 0.717) is 12.1 Å². The number of benzene rings is 1. The number of hydrogen-bond donors (Lipinski definition) is 2. The van der Waals surface area contributed by atoms with Crippen molar-refractivity contribution in [1.82, 2.24) is 20.4 Å². The first-order chi connectivity index (χ1) is 13.2. The van der Waals surface area contributed by atoms with Gasteiger partial charge in [-0.25, -0.2) is 0 Å². The van der Waals surface area contributed by atoms with Crippen LogP contribution in [-0.4, -0.2) is 68.0 Å². The number of piperidine rings is 1. The summed E-state index contributed by atoms with van der Waals surface area (Å²) in [7, 11) is 5.32. The molecule has 0 saturated carbocycles. The van der Waals surface area contributed by atoms with Gasteiger partial charge in [-0.1, -0.05) is 19.1 Å². The number of carbonyl (C=O) groups is 1. The molecule has 1 atom stereocenters. The molecule has 2 N–H and O–H groups in total. The zero-order chi connectivity index (χ0) is 20.7. The highest BCUT2D eigenvalue weighted by Gasteiger charge is 2.30. The van der Waals surface area contributed by atoms with Crippen molar-refractivity contribution in [3.05, 3.63) is 35.4 Å². The molecule has 6 heteroatoms. The number of rotatable bonds is 6. The molecule has 2 rings (SSSR count). The molecular formula is C22H37N5O. The van der Waals surface area contributed by atoms with Crippen molar-refractivity contribution in [2.24, 2.45) is 10.9 Å². The molecule has 1 amide bonds. The van der Waals surface area contributed by atoms with E-state index < -0.39 is 0 Å². The molecule has 0 radical (unpaired) electrons. The summed E-state index contributed by atoms with van der Waals surface area (Å²) in [5, 5.41) is 6.84. The van der Waals surface area contributed by atoms with Crippen molar-refractivity contribution < 1.29 is 4.79 Å². The lowest BCUT2D eigenvalue weighted by Gasteiger charge is -2.43. The molecule has 1 saturated heterocycles. The van der Waals surface area contributed by atoms with Crippen LogP contribution in [0.2, 0.25) is 0 Å². The molecule has 0 bridgehead atoms. The molecule has 1 heterocycles. The Balaban J connectivity index is 1.85. The maximum absolute atomic E-state index is 12.0. The van der Waals surface area contributed by atoms with Crippen LogP contribution in [0.5, 0.6) is 0 Å². The standard InChI is InChI=1S/C22H37N5O/c1-17-8-7-13-27(15-17)22(2,3)16-25-21(23-4)24-14-18-9-11-19(12-10-18)20(28)26(5)6/h9-12,17H,7-8,13-16H2,1-6H3,(H2,23,24,25). The van der Waals surface area contributed by atoms with Crippen molar-refractivity contribution in [1.29, 1.82) is 0 Å². The summed E-state index contributed by atoms with van der Waals surface area (Å²) >= 11 is 0. The topological polar surface area (TPSA) is 60.0 Å². The van der Waals surface area contributed by atoms with Crippen LogP contribution in [0.1, 0.15) is 49.5 Å². The van der Waals surface area contributed by atoms with E-state index in [1.54, 1.807) is 26.0 Å². The van der Waals surface area contributed by atoms with Crippen molar-refractivity contribution in [2.45, 2.75) is 45.7 Å². The normalized spacial score (nSPS) is 18.6. The predicted octanol–water partition coefficient (Wildman–Crippen LogP) is 2.56. The molecule has 1 aromatic rings. The Labute approximate surface area is 170 Å². The van der Waals surface area contributed by atoms with Gasteiger partial charge in [0.05, 0.1) is 0 Å². The molecule has 6 nitrogen and oxygen atoms in total. The number of nitrogens with one attached hydrogen (secondary N) is 2. The average molecular weight is 388 g/mol. The molecule has 0 aromatic heterocycles. The minimum absolute atomic E-state index is 0.0197. The first-order valence-corrected chi connectivity index (χ1v) is 10.2. The molecule has 0 aliphatic carbocycles. The highest BCUT2D eigenvalue weighted by Crippen LogP contribution is 2.23. The number of carbonyl (C=O) groups excluding carboxylic acids is 1. The summed E-state index contributed by atoms with van der Waals surface area (Å²) in [6.45, 7) is 10.8. The zero-order valence-electron chi connectivity index (χ0n) is 18.4. The van der Waals surface area contributed by atoms with Gasteiger partial charge in [-0.2, -0.15) is 0 Å². The Morgan fingerprint density at radius 2 is 1.93 bits per heavy atom. The number of likely N-dealkylation sites (tertiary alicyclic amines) is 1. The summed E-state index contributed by atoms with van der Waals surface area (Å²) in [4.78, 5) is 20.5. The monoisotopic (exact) mass is 387 g/mol. The van der Waals surface area contributed by atoms with E-state index in [-0.39, 0.29) is 11.4 Å². The van der Waals surface area contributed by atoms with Gasteiger partial charge in [0, 0.05) is 51.9 Å². The third-order valence-electron chi connectivity index (χ3n) is 5.49. The van der Waals surface area contributed by atoms with E-state index in [0.717, 1.165) is 24.0 Å². The quantitative estimate of drug-likeness (QED) is 0.582. The van der Waals surface area contributed by atoms with Gasteiger partial charge >= 0.3 is 0 Å². The lowest BCUT2D eigenvalue weighted by atomic mass is 9.93. The van der Waals surface area contributed by atoms with E-state index >= 15 is 0 Å². The number of nitrogens with zero attached hydrogens (tertiary/aromatic N) is 3. The van der Waals surface area contributed by atoms with Crippen molar-refractivity contribution in [3.8, 4) is 0 Å². The van der Waals surface area contributed by atoms with Crippen LogP contribution >= 0.6 is 0 Å². The molecule has 156 valence electrons. The smallest absolute Gasteiger partial charge is 0.253 e. The number of amides is 1. The minimum Gasteiger partial charge on any atom is -0.355 e. The largest absolute Gasteiger partial charge is 0.355 e. The summed E-state index contributed by atoms with van der Waals surface area (Å²) in [6, 6.07) is 7.71. The van der Waals surface area contributed by atoms with E-state index in [9.17, 15) is 4.79 Å². The third-order valence-corrected chi connectivity index (χ3v) is 5.49. The average Bonchev–Trinajstić information content (AvgIpc) is 2.68. The number of hydrogen-bond acceptors (Lipinski definition) is 3. The van der Waals surface area contributed by atoms with Gasteiger partial charge in [-0.3, -0.25) is 14.7 Å². The van der Waals surface area contributed by atoms with Crippen LogP contribution in [0, 0.1) is 5.92 Å². The molecule has 1 aliphatic heterocycles. The second-order valence-electron chi connectivity index (χ2n) is 8.68. The zero-order valence-corrected chi connectivity index (χ0v) is 18.4. The Morgan fingerprint density at radius 1 is 1.25 bits per heavy atom. The summed E-state index contributed by atoms with van der Waals surface area (Å²) in [5.41, 5.74) is 1.90. The van der Waals surface area contributed by atoms with Crippen LogP contribution in [-0.2, 0) is 6.54 Å². The Morgan fingerprint density at radius 3 is 2.50 bits per heavy atom. The van der Waals surface area contributed by atoms with Crippen molar-refractivity contribution in [3.63, 3.8) is 0 Å². The highest BCUT2D eigenvalue weighted by atomic mass is 16.2. The van der Waals surface area contributed by atoms with Gasteiger partial charge in [-0.15, -0.1) is 0 Å². The number of aliphatic imine (C=N–C) groups is 1.